The van der Waals surface area contributed by atoms with Crippen LogP contribution in [0.2, 0.25) is 0 Å². The molecule has 6 nitrogen and oxygen atoms in total. The highest BCUT2D eigenvalue weighted by Gasteiger charge is 2.53. The van der Waals surface area contributed by atoms with E-state index in [9.17, 15) is 10.0 Å². The molecule has 0 amide bonds. The van der Waals surface area contributed by atoms with Gasteiger partial charge in [0.2, 0.25) is 0 Å². The van der Waals surface area contributed by atoms with Gasteiger partial charge in [0.15, 0.2) is 5.60 Å². The average Bonchev–Trinajstić information content (AvgIpc) is 3.00. The minimum absolute atomic E-state index is 0.370. The van der Waals surface area contributed by atoms with Crippen molar-refractivity contribution >= 4 is 17.3 Å². The van der Waals surface area contributed by atoms with Gasteiger partial charge >= 0.3 is 5.97 Å². The van der Waals surface area contributed by atoms with E-state index in [1.807, 2.05) is 61.5 Å². The number of fused-ring (bicyclic) bond motifs is 6. The van der Waals surface area contributed by atoms with Crippen molar-refractivity contribution < 1.29 is 14.3 Å². The van der Waals surface area contributed by atoms with Crippen molar-refractivity contribution in [2.24, 2.45) is 0 Å². The molecule has 30 heavy (non-hydrogen) atoms. The molecule has 0 fully saturated rings. The van der Waals surface area contributed by atoms with Gasteiger partial charge in [0.05, 0.1) is 19.7 Å². The van der Waals surface area contributed by atoms with Crippen molar-refractivity contribution in [1.82, 2.24) is 4.65 Å². The quantitative estimate of drug-likeness (QED) is 0.362. The van der Waals surface area contributed by atoms with Crippen LogP contribution in [0, 0.1) is 5.21 Å². The zero-order valence-electron chi connectivity index (χ0n) is 17.3. The fourth-order valence-corrected chi connectivity index (χ4v) is 4.27. The Labute approximate surface area is 175 Å². The second-order valence-electron chi connectivity index (χ2n) is 8.32. The SMILES string of the molecule is CN(C)c1ccc2c(c1)Oc1cc([N+](C)(C)[O-])ccc1C21OC(=O)c2ccccc21. The Balaban J connectivity index is 1.83. The summed E-state index contributed by atoms with van der Waals surface area (Å²) >= 11 is 0. The summed E-state index contributed by atoms with van der Waals surface area (Å²) in [6.45, 7) is 0. The fraction of sp³-hybridized carbons (Fsp3) is 0.208. The number of rotatable bonds is 2. The topological polar surface area (TPSA) is 61.8 Å². The van der Waals surface area contributed by atoms with Crippen LogP contribution in [0.1, 0.15) is 27.0 Å². The minimum atomic E-state index is -1.11. The number of carbonyl (C=O) groups excluding carboxylic acids is 1. The van der Waals surface area contributed by atoms with E-state index in [-0.39, 0.29) is 5.97 Å². The van der Waals surface area contributed by atoms with E-state index < -0.39 is 10.2 Å². The van der Waals surface area contributed by atoms with Crippen LogP contribution in [0.25, 0.3) is 0 Å². The Kier molecular flexibility index (Phi) is 3.78. The van der Waals surface area contributed by atoms with Crippen LogP contribution in [0.4, 0.5) is 11.4 Å². The molecule has 152 valence electrons. The van der Waals surface area contributed by atoms with Crippen LogP contribution < -0.4 is 14.3 Å². The maximum atomic E-state index is 12.8. The van der Waals surface area contributed by atoms with E-state index in [0.717, 1.165) is 16.8 Å². The highest BCUT2D eigenvalue weighted by molar-refractivity contribution is 5.97. The summed E-state index contributed by atoms with van der Waals surface area (Å²) in [5.41, 5.74) is 3.19. The molecule has 0 saturated heterocycles. The van der Waals surface area contributed by atoms with E-state index in [2.05, 4.69) is 0 Å². The molecule has 3 aromatic rings. The summed E-state index contributed by atoms with van der Waals surface area (Å²) in [6, 6.07) is 18.6. The molecule has 0 aromatic heterocycles. The largest absolute Gasteiger partial charge is 0.628 e. The van der Waals surface area contributed by atoms with Crippen LogP contribution in [-0.2, 0) is 10.3 Å². The van der Waals surface area contributed by atoms with E-state index in [4.69, 9.17) is 9.47 Å². The molecule has 5 rings (SSSR count). The van der Waals surface area contributed by atoms with Crippen molar-refractivity contribution in [3.05, 3.63) is 88.1 Å². The molecule has 2 aliphatic heterocycles. The number of benzene rings is 3. The van der Waals surface area contributed by atoms with Gasteiger partial charge in [0.1, 0.15) is 17.2 Å². The standard InChI is InChI=1S/C24H22N2O4/c1-25(2)15-9-11-19-21(13-15)29-22-14-16(26(3,4)28)10-12-20(22)24(19)18-8-6-5-7-17(18)23(27)30-24/h5-14H,1-4H3. The number of ether oxygens (including phenoxy) is 2. The Morgan fingerprint density at radius 3 is 2.27 bits per heavy atom. The van der Waals surface area contributed by atoms with Crippen molar-refractivity contribution in [3.63, 3.8) is 0 Å². The normalized spacial score (nSPS) is 18.9. The molecule has 3 aromatic carbocycles. The highest BCUT2D eigenvalue weighted by Crippen LogP contribution is 2.57. The molecule has 0 aliphatic carbocycles. The lowest BCUT2D eigenvalue weighted by Gasteiger charge is -2.38. The van der Waals surface area contributed by atoms with E-state index >= 15 is 0 Å². The Bertz CT molecular complexity index is 1200. The predicted molar refractivity (Wildman–Crippen MR) is 116 cm³/mol. The Morgan fingerprint density at radius 2 is 1.57 bits per heavy atom. The van der Waals surface area contributed by atoms with Gasteiger partial charge in [0.25, 0.3) is 0 Å². The van der Waals surface area contributed by atoms with Crippen molar-refractivity contribution in [1.29, 1.82) is 0 Å². The first-order valence-corrected chi connectivity index (χ1v) is 9.74. The van der Waals surface area contributed by atoms with Crippen LogP contribution in [0.15, 0.2) is 60.7 Å². The lowest BCUT2D eigenvalue weighted by Crippen LogP contribution is -2.35. The Morgan fingerprint density at radius 1 is 0.900 bits per heavy atom. The van der Waals surface area contributed by atoms with E-state index in [1.165, 1.54) is 0 Å². The number of anilines is 1. The van der Waals surface area contributed by atoms with Gasteiger partial charge in [-0.3, -0.25) is 0 Å². The molecule has 0 N–H and O–H groups in total. The van der Waals surface area contributed by atoms with Gasteiger partial charge in [-0.1, -0.05) is 18.2 Å². The Hall–Kier alpha value is -3.35. The van der Waals surface area contributed by atoms with Crippen LogP contribution in [-0.4, -0.2) is 34.2 Å². The molecule has 1 atom stereocenters. The zero-order valence-corrected chi connectivity index (χ0v) is 17.3. The minimum Gasteiger partial charge on any atom is -0.628 e. The summed E-state index contributed by atoms with van der Waals surface area (Å²) < 4.78 is 11.8. The summed E-state index contributed by atoms with van der Waals surface area (Å²) in [5, 5.41) is 12.5. The molecule has 2 aliphatic rings. The van der Waals surface area contributed by atoms with Gasteiger partial charge in [0, 0.05) is 54.7 Å². The van der Waals surface area contributed by atoms with E-state index in [0.29, 0.717) is 28.3 Å². The second kappa shape index (κ2) is 6.08. The number of hydrogen-bond acceptors (Lipinski definition) is 5. The molecule has 0 radical (unpaired) electrons. The number of nitrogens with zero attached hydrogens (tertiary/aromatic N) is 2. The second-order valence-corrected chi connectivity index (χ2v) is 8.32. The van der Waals surface area contributed by atoms with Crippen molar-refractivity contribution in [3.8, 4) is 11.5 Å². The van der Waals surface area contributed by atoms with Gasteiger partial charge in [-0.15, -0.1) is 0 Å². The van der Waals surface area contributed by atoms with Gasteiger partial charge in [-0.05, 0) is 24.3 Å². The maximum Gasteiger partial charge on any atom is 0.340 e. The fourth-order valence-electron chi connectivity index (χ4n) is 4.27. The van der Waals surface area contributed by atoms with E-state index in [1.54, 1.807) is 32.3 Å². The molecule has 1 unspecified atom stereocenters. The van der Waals surface area contributed by atoms with Gasteiger partial charge < -0.3 is 24.2 Å². The molecule has 0 bridgehead atoms. The summed E-state index contributed by atoms with van der Waals surface area (Å²) in [7, 11) is 7.02. The number of esters is 1. The number of quaternary nitrogens is 1. The first kappa shape index (κ1) is 18.7. The number of hydrogen-bond donors (Lipinski definition) is 0. The lowest BCUT2D eigenvalue weighted by atomic mass is 9.77. The van der Waals surface area contributed by atoms with Crippen molar-refractivity contribution in [2.45, 2.75) is 5.60 Å². The van der Waals surface area contributed by atoms with Crippen LogP contribution in [0.5, 0.6) is 11.5 Å². The van der Waals surface area contributed by atoms with Crippen LogP contribution >= 0.6 is 0 Å². The van der Waals surface area contributed by atoms with Crippen molar-refractivity contribution in [2.75, 3.05) is 33.1 Å². The first-order valence-electron chi connectivity index (χ1n) is 9.74. The molecule has 2 heterocycles. The average molecular weight is 402 g/mol. The van der Waals surface area contributed by atoms with Gasteiger partial charge in [-0.25, -0.2) is 4.79 Å². The molecule has 0 saturated carbocycles. The summed E-state index contributed by atoms with van der Waals surface area (Å²) in [6.07, 6.45) is 0. The lowest BCUT2D eigenvalue weighted by molar-refractivity contribution is 0.0224. The van der Waals surface area contributed by atoms with Gasteiger partial charge in [-0.2, -0.15) is 0 Å². The maximum absolute atomic E-state index is 12.8. The highest BCUT2D eigenvalue weighted by atomic mass is 16.6. The molecular formula is C24H22N2O4. The predicted octanol–water partition coefficient (Wildman–Crippen LogP) is 4.39. The van der Waals surface area contributed by atoms with Crippen LogP contribution in [0.3, 0.4) is 0 Å². The molecule has 1 spiro atoms. The molecule has 6 heteroatoms. The molecular weight excluding hydrogens is 380 g/mol. The smallest absolute Gasteiger partial charge is 0.340 e. The third-order valence-corrected chi connectivity index (χ3v) is 5.82. The first-order chi connectivity index (χ1) is 14.2. The summed E-state index contributed by atoms with van der Waals surface area (Å²) in [4.78, 5) is 14.8. The summed E-state index contributed by atoms with van der Waals surface area (Å²) in [5.74, 6) is 0.749. The number of hydroxylamine groups is 2. The third kappa shape index (κ3) is 2.47. The third-order valence-electron chi connectivity index (χ3n) is 5.82. The zero-order chi connectivity index (χ0) is 21.3. The monoisotopic (exact) mass is 402 g/mol. The number of carbonyl (C=O) groups is 1.